The molecular weight excluding hydrogens is 442 g/mol. The van der Waals surface area contributed by atoms with Crippen LogP contribution in [-0.2, 0) is 26.2 Å². The summed E-state index contributed by atoms with van der Waals surface area (Å²) >= 11 is 0. The molecule has 0 spiro atoms. The Bertz CT molecular complexity index is 1070. The number of carbonyl (C=O) groups is 2. The van der Waals surface area contributed by atoms with Crippen LogP contribution in [-0.4, -0.2) is 56.6 Å². The summed E-state index contributed by atoms with van der Waals surface area (Å²) < 4.78 is 31.6. The van der Waals surface area contributed by atoms with Gasteiger partial charge in [-0.25, -0.2) is 8.42 Å². The van der Waals surface area contributed by atoms with Crippen molar-refractivity contribution in [2.75, 3.05) is 24.2 Å². The second-order valence-electron chi connectivity index (χ2n) is 8.86. The summed E-state index contributed by atoms with van der Waals surface area (Å²) in [6, 6.07) is 15.0. The molecule has 0 saturated heterocycles. The van der Waals surface area contributed by atoms with E-state index in [0.717, 1.165) is 16.1 Å². The van der Waals surface area contributed by atoms with E-state index in [4.69, 9.17) is 4.74 Å². The number of anilines is 1. The summed E-state index contributed by atoms with van der Waals surface area (Å²) in [6.45, 7) is 6.88. The topological polar surface area (TPSA) is 96.0 Å². The number of amides is 2. The molecule has 0 fully saturated rings. The average Bonchev–Trinajstić information content (AvgIpc) is 2.74. The van der Waals surface area contributed by atoms with Crippen LogP contribution in [0.3, 0.4) is 0 Å². The standard InChI is InChI=1S/C24H33N3O5S/c1-18(23(29)25-24(2,3)4)26(16-19-12-8-7-9-13-19)22(28)17-27(33(6,30)31)20-14-10-11-15-21(20)32-5/h7-15,18H,16-17H2,1-6H3,(H,25,29). The Kier molecular flexibility index (Phi) is 8.49. The third-order valence-corrected chi connectivity index (χ3v) is 6.02. The molecule has 0 saturated carbocycles. The number of sulfonamides is 1. The summed E-state index contributed by atoms with van der Waals surface area (Å²) in [4.78, 5) is 27.8. The molecule has 1 atom stereocenters. The van der Waals surface area contributed by atoms with E-state index in [1.54, 1.807) is 31.2 Å². The lowest BCUT2D eigenvalue weighted by atomic mass is 10.1. The number of hydrogen-bond donors (Lipinski definition) is 1. The molecule has 8 nitrogen and oxygen atoms in total. The van der Waals surface area contributed by atoms with Crippen molar-refractivity contribution in [3.8, 4) is 5.75 Å². The predicted molar refractivity (Wildman–Crippen MR) is 130 cm³/mol. The van der Waals surface area contributed by atoms with Gasteiger partial charge in [-0.3, -0.25) is 13.9 Å². The fraction of sp³-hybridized carbons (Fsp3) is 0.417. The zero-order valence-corrected chi connectivity index (χ0v) is 20.8. The van der Waals surface area contributed by atoms with Crippen LogP contribution >= 0.6 is 0 Å². The molecule has 0 aliphatic rings. The third kappa shape index (κ3) is 7.49. The summed E-state index contributed by atoms with van der Waals surface area (Å²) in [5.74, 6) is -0.509. The molecule has 2 aromatic rings. The average molecular weight is 476 g/mol. The lowest BCUT2D eigenvalue weighted by Crippen LogP contribution is -2.54. The molecule has 0 radical (unpaired) electrons. The van der Waals surface area contributed by atoms with Crippen molar-refractivity contribution in [2.24, 2.45) is 0 Å². The smallest absolute Gasteiger partial charge is 0.244 e. The number of nitrogens with zero attached hydrogens (tertiary/aromatic N) is 2. The summed E-state index contributed by atoms with van der Waals surface area (Å²) in [5, 5.41) is 2.89. The molecule has 2 aromatic carbocycles. The monoisotopic (exact) mass is 475 g/mol. The molecule has 0 aliphatic heterocycles. The molecule has 2 amide bonds. The number of para-hydroxylation sites is 2. The van der Waals surface area contributed by atoms with Gasteiger partial charge in [-0.2, -0.15) is 0 Å². The second kappa shape index (κ2) is 10.7. The quantitative estimate of drug-likeness (QED) is 0.602. The van der Waals surface area contributed by atoms with E-state index in [0.29, 0.717) is 5.75 Å². The molecule has 0 aromatic heterocycles. The highest BCUT2D eigenvalue weighted by atomic mass is 32.2. The van der Waals surface area contributed by atoms with Crippen molar-refractivity contribution in [2.45, 2.75) is 45.8 Å². The van der Waals surface area contributed by atoms with Gasteiger partial charge in [0.05, 0.1) is 19.1 Å². The largest absolute Gasteiger partial charge is 0.495 e. The van der Waals surface area contributed by atoms with E-state index >= 15 is 0 Å². The van der Waals surface area contributed by atoms with Crippen LogP contribution in [0.5, 0.6) is 5.75 Å². The van der Waals surface area contributed by atoms with Gasteiger partial charge in [-0.05, 0) is 45.4 Å². The molecule has 9 heteroatoms. The fourth-order valence-electron chi connectivity index (χ4n) is 3.27. The maximum absolute atomic E-state index is 13.5. The van der Waals surface area contributed by atoms with Crippen LogP contribution in [0.4, 0.5) is 5.69 Å². The van der Waals surface area contributed by atoms with Crippen LogP contribution in [0.2, 0.25) is 0 Å². The van der Waals surface area contributed by atoms with Crippen molar-refractivity contribution in [1.82, 2.24) is 10.2 Å². The molecule has 0 bridgehead atoms. The molecule has 33 heavy (non-hydrogen) atoms. The first kappa shape index (κ1) is 26.2. The van der Waals surface area contributed by atoms with Gasteiger partial charge in [0.15, 0.2) is 0 Å². The Morgan fingerprint density at radius 1 is 1.03 bits per heavy atom. The first-order valence-corrected chi connectivity index (χ1v) is 12.4. The Balaban J connectivity index is 2.41. The number of rotatable bonds is 9. The molecular formula is C24H33N3O5S. The molecule has 1 unspecified atom stereocenters. The lowest BCUT2D eigenvalue weighted by molar-refractivity contribution is -0.140. The van der Waals surface area contributed by atoms with Gasteiger partial charge in [0.2, 0.25) is 21.8 Å². The molecule has 0 heterocycles. The van der Waals surface area contributed by atoms with Crippen LogP contribution in [0.1, 0.15) is 33.3 Å². The SMILES string of the molecule is COc1ccccc1N(CC(=O)N(Cc1ccccc1)C(C)C(=O)NC(C)(C)C)S(C)(=O)=O. The summed E-state index contributed by atoms with van der Waals surface area (Å²) in [7, 11) is -2.39. The molecule has 0 aliphatic carbocycles. The number of hydrogen-bond acceptors (Lipinski definition) is 5. The lowest BCUT2D eigenvalue weighted by Gasteiger charge is -2.33. The minimum Gasteiger partial charge on any atom is -0.495 e. The highest BCUT2D eigenvalue weighted by molar-refractivity contribution is 7.92. The maximum Gasteiger partial charge on any atom is 0.244 e. The fourth-order valence-corrected chi connectivity index (χ4v) is 4.12. The number of ether oxygens (including phenoxy) is 1. The Morgan fingerprint density at radius 3 is 2.15 bits per heavy atom. The number of methoxy groups -OCH3 is 1. The number of nitrogens with one attached hydrogen (secondary N) is 1. The van der Waals surface area contributed by atoms with Gasteiger partial charge in [0.1, 0.15) is 18.3 Å². The second-order valence-corrected chi connectivity index (χ2v) is 10.8. The van der Waals surface area contributed by atoms with E-state index in [1.165, 1.54) is 12.0 Å². The Hall–Kier alpha value is -3.07. The van der Waals surface area contributed by atoms with Crippen molar-refractivity contribution in [3.63, 3.8) is 0 Å². The minimum absolute atomic E-state index is 0.155. The van der Waals surface area contributed by atoms with Gasteiger partial charge in [-0.15, -0.1) is 0 Å². The van der Waals surface area contributed by atoms with E-state index in [9.17, 15) is 18.0 Å². The Morgan fingerprint density at radius 2 is 1.61 bits per heavy atom. The zero-order chi connectivity index (χ0) is 24.8. The van der Waals surface area contributed by atoms with Crippen molar-refractivity contribution < 1.29 is 22.7 Å². The predicted octanol–water partition coefficient (Wildman–Crippen LogP) is 2.79. The molecule has 180 valence electrons. The van der Waals surface area contributed by atoms with Crippen LogP contribution in [0, 0.1) is 0 Å². The highest BCUT2D eigenvalue weighted by Crippen LogP contribution is 2.29. The van der Waals surface area contributed by atoms with Gasteiger partial charge in [0.25, 0.3) is 0 Å². The van der Waals surface area contributed by atoms with Gasteiger partial charge in [0, 0.05) is 12.1 Å². The summed E-state index contributed by atoms with van der Waals surface area (Å²) in [5.41, 5.74) is 0.593. The van der Waals surface area contributed by atoms with Gasteiger partial charge in [-0.1, -0.05) is 42.5 Å². The third-order valence-electron chi connectivity index (χ3n) is 4.89. The minimum atomic E-state index is -3.82. The van der Waals surface area contributed by atoms with Crippen molar-refractivity contribution >= 4 is 27.5 Å². The normalized spacial score (nSPS) is 12.5. The van der Waals surface area contributed by atoms with E-state index in [1.807, 2.05) is 51.1 Å². The Labute approximate surface area is 196 Å². The number of carbonyl (C=O) groups excluding carboxylic acids is 2. The van der Waals surface area contributed by atoms with E-state index in [2.05, 4.69) is 5.32 Å². The van der Waals surface area contributed by atoms with E-state index in [-0.39, 0.29) is 18.1 Å². The zero-order valence-electron chi connectivity index (χ0n) is 20.0. The first-order valence-electron chi connectivity index (χ1n) is 10.6. The number of benzene rings is 2. The highest BCUT2D eigenvalue weighted by Gasteiger charge is 2.32. The maximum atomic E-state index is 13.5. The first-order chi connectivity index (χ1) is 15.3. The van der Waals surface area contributed by atoms with Crippen molar-refractivity contribution in [3.05, 3.63) is 60.2 Å². The van der Waals surface area contributed by atoms with Crippen LogP contribution < -0.4 is 14.4 Å². The van der Waals surface area contributed by atoms with Crippen molar-refractivity contribution in [1.29, 1.82) is 0 Å². The van der Waals surface area contributed by atoms with Gasteiger partial charge >= 0.3 is 0 Å². The summed E-state index contributed by atoms with van der Waals surface area (Å²) in [6.07, 6.45) is 1.03. The van der Waals surface area contributed by atoms with Crippen LogP contribution in [0.15, 0.2) is 54.6 Å². The van der Waals surface area contributed by atoms with E-state index < -0.39 is 34.1 Å². The van der Waals surface area contributed by atoms with Gasteiger partial charge < -0.3 is 15.0 Å². The molecule has 1 N–H and O–H groups in total. The van der Waals surface area contributed by atoms with Crippen LogP contribution in [0.25, 0.3) is 0 Å². The molecule has 2 rings (SSSR count).